The van der Waals surface area contributed by atoms with Crippen LogP contribution < -0.4 is 9.47 Å². The number of hydrogen-bond acceptors (Lipinski definition) is 4. The molecule has 0 bridgehead atoms. The molecule has 2 heterocycles. The number of rotatable bonds is 3. The van der Waals surface area contributed by atoms with Crippen LogP contribution in [0, 0.1) is 0 Å². The average molecular weight is 331 g/mol. The molecule has 5 nitrogen and oxygen atoms in total. The molecule has 0 aliphatic carbocycles. The zero-order valence-electron chi connectivity index (χ0n) is 12.5. The SMILES string of the molecule is O=S(=O)(c1ccccc1)N1CCC(c2ccc3c(c2)OCO3)C1. The van der Waals surface area contributed by atoms with Gasteiger partial charge in [0.05, 0.1) is 4.90 Å². The van der Waals surface area contributed by atoms with Gasteiger partial charge in [-0.05, 0) is 42.2 Å². The Balaban J connectivity index is 1.55. The minimum Gasteiger partial charge on any atom is -0.454 e. The standard InChI is InChI=1S/C17H17NO4S/c19-23(20,15-4-2-1-3-5-15)18-9-8-14(11-18)13-6-7-16-17(10-13)22-12-21-16/h1-7,10,14H,8-9,11-12H2. The van der Waals surface area contributed by atoms with E-state index in [2.05, 4.69) is 0 Å². The van der Waals surface area contributed by atoms with E-state index >= 15 is 0 Å². The lowest BCUT2D eigenvalue weighted by molar-refractivity contribution is 0.174. The second-order valence-corrected chi connectivity index (χ2v) is 7.71. The molecule has 2 aliphatic heterocycles. The van der Waals surface area contributed by atoms with Gasteiger partial charge in [-0.15, -0.1) is 0 Å². The van der Waals surface area contributed by atoms with Crippen LogP contribution in [0.2, 0.25) is 0 Å². The molecule has 0 N–H and O–H groups in total. The monoisotopic (exact) mass is 331 g/mol. The molecule has 0 amide bonds. The van der Waals surface area contributed by atoms with Gasteiger partial charge >= 0.3 is 0 Å². The normalized spacial score (nSPS) is 20.8. The minimum atomic E-state index is -3.41. The van der Waals surface area contributed by atoms with Crippen molar-refractivity contribution in [2.75, 3.05) is 19.9 Å². The zero-order chi connectivity index (χ0) is 15.9. The molecular formula is C17H17NO4S. The van der Waals surface area contributed by atoms with Crippen LogP contribution in [0.3, 0.4) is 0 Å². The van der Waals surface area contributed by atoms with Gasteiger partial charge < -0.3 is 9.47 Å². The van der Waals surface area contributed by atoms with Crippen LogP contribution in [0.15, 0.2) is 53.4 Å². The smallest absolute Gasteiger partial charge is 0.243 e. The first kappa shape index (κ1) is 14.5. The highest BCUT2D eigenvalue weighted by Crippen LogP contribution is 2.38. The van der Waals surface area contributed by atoms with Gasteiger partial charge in [-0.1, -0.05) is 24.3 Å². The lowest BCUT2D eigenvalue weighted by Crippen LogP contribution is -2.28. The van der Waals surface area contributed by atoms with Gasteiger partial charge in [-0.3, -0.25) is 0 Å². The van der Waals surface area contributed by atoms with Crippen molar-refractivity contribution >= 4 is 10.0 Å². The molecule has 1 unspecified atom stereocenters. The van der Waals surface area contributed by atoms with Crippen LogP contribution in [0.1, 0.15) is 17.9 Å². The minimum absolute atomic E-state index is 0.183. The summed E-state index contributed by atoms with van der Waals surface area (Å²) in [7, 11) is -3.41. The number of nitrogens with zero attached hydrogens (tertiary/aromatic N) is 1. The zero-order valence-corrected chi connectivity index (χ0v) is 13.3. The fourth-order valence-electron chi connectivity index (χ4n) is 3.13. The van der Waals surface area contributed by atoms with E-state index in [0.717, 1.165) is 23.5 Å². The average Bonchev–Trinajstić information content (AvgIpc) is 3.24. The lowest BCUT2D eigenvalue weighted by atomic mass is 9.98. The van der Waals surface area contributed by atoms with Gasteiger partial charge in [-0.25, -0.2) is 8.42 Å². The summed E-state index contributed by atoms with van der Waals surface area (Å²) < 4.78 is 37.7. The second-order valence-electron chi connectivity index (χ2n) is 5.77. The van der Waals surface area contributed by atoms with E-state index in [1.165, 1.54) is 0 Å². The van der Waals surface area contributed by atoms with Gasteiger partial charge in [0.25, 0.3) is 0 Å². The number of ether oxygens (including phenoxy) is 2. The van der Waals surface area contributed by atoms with Gasteiger partial charge in [0.1, 0.15) is 0 Å². The largest absolute Gasteiger partial charge is 0.454 e. The van der Waals surface area contributed by atoms with Crippen LogP contribution in [0.25, 0.3) is 0 Å². The third-order valence-electron chi connectivity index (χ3n) is 4.40. The Labute approximate surface area is 135 Å². The Morgan fingerprint density at radius 3 is 2.61 bits per heavy atom. The summed E-state index contributed by atoms with van der Waals surface area (Å²) >= 11 is 0. The number of sulfonamides is 1. The van der Waals surface area contributed by atoms with Crippen molar-refractivity contribution in [2.45, 2.75) is 17.2 Å². The van der Waals surface area contributed by atoms with Crippen LogP contribution >= 0.6 is 0 Å². The Morgan fingerprint density at radius 1 is 1.00 bits per heavy atom. The molecule has 1 atom stereocenters. The molecule has 6 heteroatoms. The summed E-state index contributed by atoms with van der Waals surface area (Å²) in [4.78, 5) is 0.353. The van der Waals surface area contributed by atoms with Crippen LogP contribution in [-0.4, -0.2) is 32.6 Å². The second kappa shape index (κ2) is 5.54. The number of fused-ring (bicyclic) bond motifs is 1. The predicted octanol–water partition coefficient (Wildman–Crippen LogP) is 2.59. The summed E-state index contributed by atoms with van der Waals surface area (Å²) in [5, 5.41) is 0. The third kappa shape index (κ3) is 2.58. The van der Waals surface area contributed by atoms with E-state index < -0.39 is 10.0 Å². The molecule has 1 fully saturated rings. The van der Waals surface area contributed by atoms with Crippen molar-refractivity contribution in [3.05, 3.63) is 54.1 Å². The highest BCUT2D eigenvalue weighted by molar-refractivity contribution is 7.89. The van der Waals surface area contributed by atoms with E-state index in [4.69, 9.17) is 9.47 Å². The maximum Gasteiger partial charge on any atom is 0.243 e. The maximum atomic E-state index is 12.7. The summed E-state index contributed by atoms with van der Waals surface area (Å²) in [6.45, 7) is 1.28. The van der Waals surface area contributed by atoms with Crippen molar-refractivity contribution in [3.8, 4) is 11.5 Å². The maximum absolute atomic E-state index is 12.7. The Bertz CT molecular complexity index is 820. The Kier molecular flexibility index (Phi) is 3.50. The van der Waals surface area contributed by atoms with Crippen molar-refractivity contribution in [3.63, 3.8) is 0 Å². The van der Waals surface area contributed by atoms with Crippen molar-refractivity contribution in [2.24, 2.45) is 0 Å². The molecule has 2 aliphatic rings. The fraction of sp³-hybridized carbons (Fsp3) is 0.294. The molecule has 120 valence electrons. The molecule has 0 radical (unpaired) electrons. The topological polar surface area (TPSA) is 55.8 Å². The van der Waals surface area contributed by atoms with E-state index in [1.54, 1.807) is 28.6 Å². The molecule has 1 saturated heterocycles. The summed E-state index contributed by atoms with van der Waals surface area (Å²) in [6.07, 6.45) is 0.811. The van der Waals surface area contributed by atoms with E-state index in [9.17, 15) is 8.42 Å². The van der Waals surface area contributed by atoms with Crippen molar-refractivity contribution in [1.29, 1.82) is 0 Å². The number of hydrogen-bond donors (Lipinski definition) is 0. The van der Waals surface area contributed by atoms with E-state index in [1.807, 2.05) is 24.3 Å². The van der Waals surface area contributed by atoms with Crippen molar-refractivity contribution < 1.29 is 17.9 Å². The first-order valence-corrected chi connectivity index (χ1v) is 9.03. The molecule has 0 aromatic heterocycles. The quantitative estimate of drug-likeness (QED) is 0.867. The Hall–Kier alpha value is -2.05. The first-order valence-electron chi connectivity index (χ1n) is 7.59. The highest BCUT2D eigenvalue weighted by Gasteiger charge is 2.33. The molecule has 2 aromatic rings. The molecular weight excluding hydrogens is 314 g/mol. The van der Waals surface area contributed by atoms with Gasteiger partial charge in [0, 0.05) is 13.1 Å². The predicted molar refractivity (Wildman–Crippen MR) is 85.1 cm³/mol. The molecule has 4 rings (SSSR count). The Morgan fingerprint density at radius 2 is 1.78 bits per heavy atom. The van der Waals surface area contributed by atoms with Crippen LogP contribution in [0.4, 0.5) is 0 Å². The highest BCUT2D eigenvalue weighted by atomic mass is 32.2. The third-order valence-corrected chi connectivity index (χ3v) is 6.28. The van der Waals surface area contributed by atoms with Crippen molar-refractivity contribution in [1.82, 2.24) is 4.31 Å². The summed E-state index contributed by atoms with van der Waals surface area (Å²) in [5.41, 5.74) is 1.10. The van der Waals surface area contributed by atoms with Gasteiger partial charge in [0.2, 0.25) is 16.8 Å². The van der Waals surface area contributed by atoms with Crippen LogP contribution in [0.5, 0.6) is 11.5 Å². The van der Waals surface area contributed by atoms with Crippen LogP contribution in [-0.2, 0) is 10.0 Å². The van der Waals surface area contributed by atoms with Gasteiger partial charge in [0.15, 0.2) is 11.5 Å². The van der Waals surface area contributed by atoms with E-state index in [-0.39, 0.29) is 12.7 Å². The summed E-state index contributed by atoms with van der Waals surface area (Å²) in [6, 6.07) is 14.5. The fourth-order valence-corrected chi connectivity index (χ4v) is 4.65. The lowest BCUT2D eigenvalue weighted by Gasteiger charge is -2.17. The number of benzene rings is 2. The summed E-state index contributed by atoms with van der Waals surface area (Å²) in [5.74, 6) is 1.68. The van der Waals surface area contributed by atoms with E-state index in [0.29, 0.717) is 18.0 Å². The molecule has 2 aromatic carbocycles. The van der Waals surface area contributed by atoms with Gasteiger partial charge in [-0.2, -0.15) is 4.31 Å². The molecule has 0 spiro atoms. The first-order chi connectivity index (χ1) is 11.1. The molecule has 0 saturated carbocycles. The molecule has 23 heavy (non-hydrogen) atoms.